The Morgan fingerprint density at radius 3 is 2.86 bits per heavy atom. The summed E-state index contributed by atoms with van der Waals surface area (Å²) in [6.45, 7) is 3.24. The molecule has 0 atom stereocenters. The maximum atomic E-state index is 10.9. The van der Waals surface area contributed by atoms with E-state index in [1.165, 1.54) is 29.3 Å². The molecule has 0 spiro atoms. The zero-order valence-corrected chi connectivity index (χ0v) is 12.3. The van der Waals surface area contributed by atoms with Gasteiger partial charge in [0.2, 0.25) is 5.91 Å². The molecule has 0 unspecified atom stereocenters. The standard InChI is InChI=1S/C17H23N3O/c18-17(21)5-4-13-7-10-20(11-8-13)12-14-2-1-3-16-15(14)6-9-19-16/h1-3,6,9,13,19H,4-5,7-8,10-12H2,(H2,18,21). The number of benzene rings is 1. The van der Waals surface area contributed by atoms with Crippen LogP contribution in [0.2, 0.25) is 0 Å². The second-order valence-electron chi connectivity index (χ2n) is 6.08. The maximum Gasteiger partial charge on any atom is 0.217 e. The Kier molecular flexibility index (Phi) is 4.25. The molecule has 0 aliphatic carbocycles. The summed E-state index contributed by atoms with van der Waals surface area (Å²) >= 11 is 0. The molecule has 2 heterocycles. The molecule has 1 fully saturated rings. The molecular weight excluding hydrogens is 262 g/mol. The number of carbonyl (C=O) groups excluding carboxylic acids is 1. The van der Waals surface area contributed by atoms with Crippen LogP contribution < -0.4 is 5.73 Å². The number of rotatable bonds is 5. The van der Waals surface area contributed by atoms with Gasteiger partial charge in [0.1, 0.15) is 0 Å². The third kappa shape index (κ3) is 3.45. The van der Waals surface area contributed by atoms with E-state index in [2.05, 4.69) is 34.1 Å². The van der Waals surface area contributed by atoms with Crippen molar-refractivity contribution in [2.45, 2.75) is 32.2 Å². The molecule has 21 heavy (non-hydrogen) atoms. The fourth-order valence-electron chi connectivity index (χ4n) is 3.31. The number of nitrogens with two attached hydrogens (primary N) is 1. The second kappa shape index (κ2) is 6.31. The third-order valence-electron chi connectivity index (χ3n) is 4.59. The Bertz CT molecular complexity index is 611. The summed E-state index contributed by atoms with van der Waals surface area (Å²) in [6.07, 6.45) is 5.85. The van der Waals surface area contributed by atoms with Gasteiger partial charge in [0.25, 0.3) is 0 Å². The van der Waals surface area contributed by atoms with Gasteiger partial charge in [-0.15, -0.1) is 0 Å². The van der Waals surface area contributed by atoms with Crippen LogP contribution in [0, 0.1) is 5.92 Å². The van der Waals surface area contributed by atoms with Crippen molar-refractivity contribution in [1.29, 1.82) is 0 Å². The largest absolute Gasteiger partial charge is 0.370 e. The molecule has 1 aliphatic rings. The highest BCUT2D eigenvalue weighted by atomic mass is 16.1. The van der Waals surface area contributed by atoms with Crippen LogP contribution in [-0.2, 0) is 11.3 Å². The van der Waals surface area contributed by atoms with Gasteiger partial charge < -0.3 is 10.7 Å². The van der Waals surface area contributed by atoms with Gasteiger partial charge in [0.15, 0.2) is 0 Å². The highest BCUT2D eigenvalue weighted by Gasteiger charge is 2.20. The number of likely N-dealkylation sites (tertiary alicyclic amines) is 1. The van der Waals surface area contributed by atoms with Gasteiger partial charge in [-0.1, -0.05) is 12.1 Å². The van der Waals surface area contributed by atoms with E-state index in [1.807, 2.05) is 6.20 Å². The summed E-state index contributed by atoms with van der Waals surface area (Å²) in [5.41, 5.74) is 7.83. The van der Waals surface area contributed by atoms with Crippen molar-refractivity contribution in [2.75, 3.05) is 13.1 Å². The monoisotopic (exact) mass is 285 g/mol. The number of piperidine rings is 1. The number of H-pyrrole nitrogens is 1. The Labute approximate surface area is 125 Å². The molecule has 0 radical (unpaired) electrons. The van der Waals surface area contributed by atoms with Crippen LogP contribution in [0.25, 0.3) is 10.9 Å². The molecule has 1 aromatic heterocycles. The molecule has 1 saturated heterocycles. The zero-order valence-electron chi connectivity index (χ0n) is 12.3. The topological polar surface area (TPSA) is 62.1 Å². The van der Waals surface area contributed by atoms with Crippen LogP contribution in [0.5, 0.6) is 0 Å². The van der Waals surface area contributed by atoms with E-state index in [0.29, 0.717) is 12.3 Å². The van der Waals surface area contributed by atoms with Gasteiger partial charge >= 0.3 is 0 Å². The highest BCUT2D eigenvalue weighted by Crippen LogP contribution is 2.25. The summed E-state index contributed by atoms with van der Waals surface area (Å²) in [5, 5.41) is 1.33. The third-order valence-corrected chi connectivity index (χ3v) is 4.59. The van der Waals surface area contributed by atoms with Gasteiger partial charge in [-0.25, -0.2) is 0 Å². The lowest BCUT2D eigenvalue weighted by atomic mass is 9.92. The first-order valence-corrected chi connectivity index (χ1v) is 7.78. The highest BCUT2D eigenvalue weighted by molar-refractivity contribution is 5.82. The number of nitrogens with zero attached hydrogens (tertiary/aromatic N) is 1. The summed E-state index contributed by atoms with van der Waals surface area (Å²) < 4.78 is 0. The Hall–Kier alpha value is -1.81. The predicted octanol–water partition coefficient (Wildman–Crippen LogP) is 2.65. The van der Waals surface area contributed by atoms with Crippen molar-refractivity contribution < 1.29 is 4.79 Å². The average molecular weight is 285 g/mol. The minimum Gasteiger partial charge on any atom is -0.370 e. The van der Waals surface area contributed by atoms with Gasteiger partial charge in [-0.2, -0.15) is 0 Å². The first kappa shape index (κ1) is 14.1. The molecule has 3 rings (SSSR count). The summed E-state index contributed by atoms with van der Waals surface area (Å²) in [6, 6.07) is 8.61. The Morgan fingerprint density at radius 1 is 1.29 bits per heavy atom. The summed E-state index contributed by atoms with van der Waals surface area (Å²) in [5.74, 6) is 0.494. The first-order chi connectivity index (χ1) is 10.2. The van der Waals surface area contributed by atoms with Gasteiger partial charge in [-0.05, 0) is 56.0 Å². The molecule has 2 aromatic rings. The molecule has 3 N–H and O–H groups in total. The van der Waals surface area contributed by atoms with Crippen molar-refractivity contribution in [1.82, 2.24) is 9.88 Å². The number of carbonyl (C=O) groups is 1. The van der Waals surface area contributed by atoms with E-state index < -0.39 is 0 Å². The Morgan fingerprint density at radius 2 is 2.10 bits per heavy atom. The van der Waals surface area contributed by atoms with Crippen molar-refractivity contribution in [3.05, 3.63) is 36.0 Å². The lowest BCUT2D eigenvalue weighted by Crippen LogP contribution is -2.33. The van der Waals surface area contributed by atoms with E-state index >= 15 is 0 Å². The first-order valence-electron chi connectivity index (χ1n) is 7.78. The fourth-order valence-corrected chi connectivity index (χ4v) is 3.31. The van der Waals surface area contributed by atoms with E-state index in [-0.39, 0.29) is 5.91 Å². The van der Waals surface area contributed by atoms with Crippen LogP contribution in [0.3, 0.4) is 0 Å². The SMILES string of the molecule is NC(=O)CCC1CCN(Cc2cccc3[nH]ccc23)CC1. The van der Waals surface area contributed by atoms with E-state index in [4.69, 9.17) is 5.73 Å². The smallest absolute Gasteiger partial charge is 0.217 e. The number of primary amides is 1. The zero-order chi connectivity index (χ0) is 14.7. The number of hydrogen-bond donors (Lipinski definition) is 2. The second-order valence-corrected chi connectivity index (χ2v) is 6.08. The van der Waals surface area contributed by atoms with E-state index in [1.54, 1.807) is 0 Å². The number of aromatic nitrogens is 1. The lowest BCUT2D eigenvalue weighted by Gasteiger charge is -2.32. The van der Waals surface area contributed by atoms with Crippen LogP contribution in [0.4, 0.5) is 0 Å². The molecule has 4 heteroatoms. The number of amides is 1. The normalized spacial score (nSPS) is 17.3. The van der Waals surface area contributed by atoms with Crippen LogP contribution in [0.15, 0.2) is 30.5 Å². The molecule has 112 valence electrons. The molecule has 1 aliphatic heterocycles. The number of aromatic amines is 1. The molecular formula is C17H23N3O. The fraction of sp³-hybridized carbons (Fsp3) is 0.471. The maximum absolute atomic E-state index is 10.9. The van der Waals surface area contributed by atoms with Crippen LogP contribution in [-0.4, -0.2) is 28.9 Å². The lowest BCUT2D eigenvalue weighted by molar-refractivity contribution is -0.118. The minimum atomic E-state index is -0.170. The number of fused-ring (bicyclic) bond motifs is 1. The van der Waals surface area contributed by atoms with Crippen molar-refractivity contribution in [3.8, 4) is 0 Å². The Balaban J connectivity index is 1.56. The number of hydrogen-bond acceptors (Lipinski definition) is 2. The van der Waals surface area contributed by atoms with Gasteiger partial charge in [0.05, 0.1) is 0 Å². The quantitative estimate of drug-likeness (QED) is 0.887. The van der Waals surface area contributed by atoms with Crippen molar-refractivity contribution in [3.63, 3.8) is 0 Å². The van der Waals surface area contributed by atoms with Gasteiger partial charge in [0, 0.05) is 30.1 Å². The van der Waals surface area contributed by atoms with Crippen molar-refractivity contribution in [2.24, 2.45) is 11.7 Å². The molecule has 1 amide bonds. The predicted molar refractivity (Wildman–Crippen MR) is 84.7 cm³/mol. The minimum absolute atomic E-state index is 0.170. The van der Waals surface area contributed by atoms with Crippen LogP contribution in [0.1, 0.15) is 31.2 Å². The number of nitrogens with one attached hydrogen (secondary N) is 1. The van der Waals surface area contributed by atoms with E-state index in [9.17, 15) is 4.79 Å². The summed E-state index contributed by atoms with van der Waals surface area (Å²) in [4.78, 5) is 16.6. The molecule has 0 bridgehead atoms. The van der Waals surface area contributed by atoms with Crippen molar-refractivity contribution >= 4 is 16.8 Å². The molecule has 0 saturated carbocycles. The summed E-state index contributed by atoms with van der Waals surface area (Å²) in [7, 11) is 0. The van der Waals surface area contributed by atoms with E-state index in [0.717, 1.165) is 26.1 Å². The van der Waals surface area contributed by atoms with Crippen LogP contribution >= 0.6 is 0 Å². The molecule has 1 aromatic carbocycles. The molecule has 4 nitrogen and oxygen atoms in total. The van der Waals surface area contributed by atoms with Gasteiger partial charge in [-0.3, -0.25) is 9.69 Å². The average Bonchev–Trinajstić information content (AvgIpc) is 2.96.